The molecule has 0 unspecified atom stereocenters. The van der Waals surface area contributed by atoms with E-state index in [1.165, 1.54) is 5.57 Å². The van der Waals surface area contributed by atoms with Crippen molar-refractivity contribution in [3.63, 3.8) is 0 Å². The van der Waals surface area contributed by atoms with E-state index in [1.807, 2.05) is 0 Å². The molecule has 1 heterocycles. The molecule has 0 amide bonds. The van der Waals surface area contributed by atoms with Gasteiger partial charge in [-0.15, -0.1) is 0 Å². The Balaban J connectivity index is 2.88. The summed E-state index contributed by atoms with van der Waals surface area (Å²) < 4.78 is 4.15. The van der Waals surface area contributed by atoms with Crippen molar-refractivity contribution >= 4 is 21.6 Å². The van der Waals surface area contributed by atoms with Crippen LogP contribution in [0.1, 0.15) is 20.8 Å². The summed E-state index contributed by atoms with van der Waals surface area (Å²) in [5, 5.41) is 0. The van der Waals surface area contributed by atoms with Gasteiger partial charge in [-0.25, -0.2) is 0 Å². The molecule has 8 heavy (non-hydrogen) atoms. The first-order valence-electron chi connectivity index (χ1n) is 2.83. The average molecular weight is 217 g/mol. The third kappa shape index (κ3) is 1.000. The fourth-order valence-corrected chi connectivity index (χ4v) is 3.76. The molecule has 0 nitrogen and oxygen atoms in total. The van der Waals surface area contributed by atoms with Crippen molar-refractivity contribution in [2.24, 2.45) is 0 Å². The Morgan fingerprint density at radius 2 is 1.88 bits per heavy atom. The summed E-state index contributed by atoms with van der Waals surface area (Å²) in [6.45, 7) is 6.72. The van der Waals surface area contributed by atoms with Crippen molar-refractivity contribution in [1.82, 2.24) is 0 Å². The normalized spacial score (nSPS) is 19.6. The Hall–Kier alpha value is 0.298. The molecule has 0 radical (unpaired) electrons. The molecule has 0 aromatic heterocycles. The second-order valence-electron chi connectivity index (χ2n) is 2.22. The maximum absolute atomic E-state index is 2.45. The van der Waals surface area contributed by atoms with Crippen LogP contribution < -0.4 is 0 Å². The van der Waals surface area contributed by atoms with Gasteiger partial charge in [0, 0.05) is 0 Å². The summed E-state index contributed by atoms with van der Waals surface area (Å²) in [4.78, 5) is 0. The summed E-state index contributed by atoms with van der Waals surface area (Å²) in [6, 6.07) is 0. The van der Waals surface area contributed by atoms with Crippen molar-refractivity contribution in [2.45, 2.75) is 20.8 Å². The molecule has 1 aliphatic rings. The minimum absolute atomic E-state index is 0.153. The van der Waals surface area contributed by atoms with Gasteiger partial charge in [-0.05, 0) is 0 Å². The second-order valence-corrected chi connectivity index (χ2v) is 6.01. The van der Waals surface area contributed by atoms with Gasteiger partial charge in [0.2, 0.25) is 0 Å². The third-order valence-electron chi connectivity index (χ3n) is 1.66. The van der Waals surface area contributed by atoms with Gasteiger partial charge in [0.05, 0.1) is 0 Å². The van der Waals surface area contributed by atoms with Crippen LogP contribution in [0.15, 0.2) is 18.7 Å². The van der Waals surface area contributed by atoms with Crippen LogP contribution in [-0.4, -0.2) is 21.6 Å². The second kappa shape index (κ2) is 2.27. The molecule has 1 heteroatoms. The average Bonchev–Trinajstić information content (AvgIpc) is 1.98. The predicted octanol–water partition coefficient (Wildman–Crippen LogP) is 1.63. The van der Waals surface area contributed by atoms with E-state index in [-0.39, 0.29) is 21.6 Å². The van der Waals surface area contributed by atoms with Gasteiger partial charge in [0.1, 0.15) is 0 Å². The molecule has 0 spiro atoms. The predicted molar refractivity (Wildman–Crippen MR) is 39.3 cm³/mol. The van der Waals surface area contributed by atoms with Crippen LogP contribution in [0.3, 0.4) is 0 Å². The number of allylic oxidation sites excluding steroid dienone is 3. The summed E-state index contributed by atoms with van der Waals surface area (Å²) >= 11 is -0.153. The molecule has 0 atom stereocenters. The van der Waals surface area contributed by atoms with Crippen LogP contribution in [0.4, 0.5) is 0 Å². The molecule has 0 bridgehead atoms. The number of hydrogen-bond acceptors (Lipinski definition) is 0. The first-order valence-corrected chi connectivity index (χ1v) is 5.90. The van der Waals surface area contributed by atoms with Gasteiger partial charge >= 0.3 is 61.1 Å². The van der Waals surface area contributed by atoms with Crippen molar-refractivity contribution in [3.05, 3.63) is 18.7 Å². The molecular formula is C7H11Sb. The molecular weight excluding hydrogens is 206 g/mol. The van der Waals surface area contributed by atoms with Crippen LogP contribution in [-0.2, 0) is 0 Å². The third-order valence-corrected chi connectivity index (χ3v) is 5.61. The van der Waals surface area contributed by atoms with Gasteiger partial charge in [0.15, 0.2) is 0 Å². The van der Waals surface area contributed by atoms with E-state index < -0.39 is 0 Å². The van der Waals surface area contributed by atoms with Crippen LogP contribution in [0.5, 0.6) is 0 Å². The molecule has 44 valence electrons. The van der Waals surface area contributed by atoms with Gasteiger partial charge in [0.25, 0.3) is 0 Å². The zero-order chi connectivity index (χ0) is 6.15. The van der Waals surface area contributed by atoms with Gasteiger partial charge in [-0.1, -0.05) is 0 Å². The Morgan fingerprint density at radius 3 is 2.00 bits per heavy atom. The topological polar surface area (TPSA) is 0 Å². The van der Waals surface area contributed by atoms with Crippen LogP contribution in [0.2, 0.25) is 0 Å². The number of hydrogen-bond donors (Lipinski definition) is 0. The van der Waals surface area contributed by atoms with Crippen molar-refractivity contribution in [2.75, 3.05) is 0 Å². The van der Waals surface area contributed by atoms with Crippen LogP contribution in [0, 0.1) is 0 Å². The summed E-state index contributed by atoms with van der Waals surface area (Å²) in [5.74, 6) is 0. The number of rotatable bonds is 0. The molecule has 0 saturated heterocycles. The molecule has 1 aliphatic heterocycles. The van der Waals surface area contributed by atoms with E-state index in [2.05, 4.69) is 24.8 Å². The van der Waals surface area contributed by atoms with Crippen molar-refractivity contribution in [1.29, 1.82) is 0 Å². The monoisotopic (exact) mass is 216 g/mol. The summed E-state index contributed by atoms with van der Waals surface area (Å²) in [7, 11) is 0. The first kappa shape index (κ1) is 6.42. The standard InChI is InChI=1S/C7H10.Sb.H/c1-5-7(4)6(2)3;;/h2H,1,3-4H3;;. The SMILES string of the molecule is CC1=[CH][SbH][C](C)=C1C. The van der Waals surface area contributed by atoms with Crippen molar-refractivity contribution < 1.29 is 0 Å². The fraction of sp³-hybridized carbons (Fsp3) is 0.429. The molecule has 0 saturated carbocycles. The van der Waals surface area contributed by atoms with Gasteiger partial charge < -0.3 is 0 Å². The molecule has 0 aliphatic carbocycles. The van der Waals surface area contributed by atoms with E-state index >= 15 is 0 Å². The van der Waals surface area contributed by atoms with Gasteiger partial charge in [-0.2, -0.15) is 0 Å². The minimum atomic E-state index is -0.153. The molecule has 0 fully saturated rings. The van der Waals surface area contributed by atoms with E-state index in [9.17, 15) is 0 Å². The quantitative estimate of drug-likeness (QED) is 0.541. The van der Waals surface area contributed by atoms with E-state index in [0.29, 0.717) is 0 Å². The van der Waals surface area contributed by atoms with Crippen LogP contribution in [0.25, 0.3) is 0 Å². The Bertz CT molecular complexity index is 158. The van der Waals surface area contributed by atoms with E-state index in [1.54, 1.807) is 9.09 Å². The molecule has 0 N–H and O–H groups in total. The van der Waals surface area contributed by atoms with Crippen molar-refractivity contribution in [3.8, 4) is 0 Å². The summed E-state index contributed by atoms with van der Waals surface area (Å²) in [6.07, 6.45) is 0. The zero-order valence-corrected chi connectivity index (χ0v) is 8.43. The maximum atomic E-state index is 2.45. The first-order chi connectivity index (χ1) is 3.72. The molecule has 1 rings (SSSR count). The van der Waals surface area contributed by atoms with Crippen LogP contribution >= 0.6 is 0 Å². The summed E-state index contributed by atoms with van der Waals surface area (Å²) in [5.41, 5.74) is 3.10. The zero-order valence-electron chi connectivity index (χ0n) is 5.58. The molecule has 0 aromatic rings. The van der Waals surface area contributed by atoms with Gasteiger partial charge in [-0.3, -0.25) is 0 Å². The van der Waals surface area contributed by atoms with E-state index in [4.69, 9.17) is 0 Å². The Morgan fingerprint density at radius 1 is 1.25 bits per heavy atom. The Kier molecular flexibility index (Phi) is 1.82. The fourth-order valence-electron chi connectivity index (χ4n) is 0.729. The Labute approximate surface area is 61.2 Å². The molecule has 0 aromatic carbocycles. The van der Waals surface area contributed by atoms with E-state index in [0.717, 1.165) is 0 Å².